The van der Waals surface area contributed by atoms with Crippen LogP contribution in [0.4, 0.5) is 0 Å². The van der Waals surface area contributed by atoms with Crippen LogP contribution >= 0.6 is 7.60 Å². The van der Waals surface area contributed by atoms with Gasteiger partial charge in [0.25, 0.3) is 0 Å². The van der Waals surface area contributed by atoms with Gasteiger partial charge in [-0.2, -0.15) is 0 Å². The van der Waals surface area contributed by atoms with Crippen LogP contribution in [0.2, 0.25) is 0 Å². The number of aliphatic hydroxyl groups excluding tert-OH is 2. The van der Waals surface area contributed by atoms with Crippen LogP contribution in [-0.2, 0) is 4.57 Å². The van der Waals surface area contributed by atoms with Crippen molar-refractivity contribution >= 4 is 7.60 Å². The van der Waals surface area contributed by atoms with Gasteiger partial charge in [0.05, 0.1) is 18.4 Å². The van der Waals surface area contributed by atoms with Gasteiger partial charge in [0.15, 0.2) is 0 Å². The molecule has 1 aliphatic heterocycles. The van der Waals surface area contributed by atoms with E-state index in [0.717, 1.165) is 0 Å². The zero-order valence-corrected chi connectivity index (χ0v) is 8.76. The maximum Gasteiger partial charge on any atom is 0.325 e. The molecule has 0 unspecified atom stereocenters. The second-order valence-corrected chi connectivity index (χ2v) is 5.50. The Morgan fingerprint density at radius 2 is 1.86 bits per heavy atom. The van der Waals surface area contributed by atoms with Crippen LogP contribution in [0.3, 0.4) is 0 Å². The first kappa shape index (κ1) is 12.1. The summed E-state index contributed by atoms with van der Waals surface area (Å²) in [7, 11) is -4.02. The van der Waals surface area contributed by atoms with Gasteiger partial charge in [-0.3, -0.25) is 4.57 Å². The van der Waals surface area contributed by atoms with E-state index >= 15 is 0 Å². The Morgan fingerprint density at radius 1 is 1.29 bits per heavy atom. The lowest BCUT2D eigenvalue weighted by Gasteiger charge is -2.15. The molecule has 4 atom stereocenters. The van der Waals surface area contributed by atoms with Gasteiger partial charge in [-0.05, 0) is 13.3 Å². The molecule has 0 spiro atoms. The van der Waals surface area contributed by atoms with Crippen LogP contribution in [-0.4, -0.2) is 50.5 Å². The lowest BCUT2D eigenvalue weighted by molar-refractivity contribution is 0.0298. The normalized spacial score (nSPS) is 38.9. The fourth-order valence-corrected chi connectivity index (χ4v) is 2.24. The number of aliphatic hydroxyl groups is 2. The first-order valence-corrected chi connectivity index (χ1v) is 6.28. The Morgan fingerprint density at radius 3 is 2.21 bits per heavy atom. The van der Waals surface area contributed by atoms with Gasteiger partial charge in [-0.1, -0.05) is 0 Å². The van der Waals surface area contributed by atoms with Gasteiger partial charge < -0.3 is 25.3 Å². The maximum atomic E-state index is 10.6. The third-order valence-corrected chi connectivity index (χ3v) is 3.32. The molecule has 1 aliphatic rings. The molecule has 0 amide bonds. The van der Waals surface area contributed by atoms with E-state index in [0.29, 0.717) is 0 Å². The van der Waals surface area contributed by atoms with Crippen LogP contribution in [0, 0.1) is 0 Å². The number of nitrogens with one attached hydrogen (secondary N) is 1. The summed E-state index contributed by atoms with van der Waals surface area (Å²) < 4.78 is 10.6. The van der Waals surface area contributed by atoms with E-state index in [9.17, 15) is 14.8 Å². The fraction of sp³-hybridized carbons (Fsp3) is 1.00. The van der Waals surface area contributed by atoms with Crippen LogP contribution < -0.4 is 5.32 Å². The van der Waals surface area contributed by atoms with Gasteiger partial charge in [0, 0.05) is 12.1 Å². The standard InChI is InChI=1S/C7H16NO5P/c1-4-6(9)7(10)5(8-4)2-3-14(11,12)13/h4-10H,2-3H2,1H3,(H2,11,12,13)/t4-,5-,6-,7-/m1/s1. The molecule has 14 heavy (non-hydrogen) atoms. The van der Waals surface area contributed by atoms with Gasteiger partial charge in [0.2, 0.25) is 0 Å². The van der Waals surface area contributed by atoms with Crippen molar-refractivity contribution in [1.29, 1.82) is 0 Å². The predicted octanol–water partition coefficient (Wildman–Crippen LogP) is -1.36. The predicted molar refractivity (Wildman–Crippen MR) is 49.9 cm³/mol. The lowest BCUT2D eigenvalue weighted by atomic mass is 10.1. The molecule has 1 fully saturated rings. The Hall–Kier alpha value is 0.0300. The van der Waals surface area contributed by atoms with Crippen molar-refractivity contribution in [3.8, 4) is 0 Å². The van der Waals surface area contributed by atoms with Gasteiger partial charge >= 0.3 is 7.60 Å². The Bertz CT molecular complexity index is 242. The van der Waals surface area contributed by atoms with Gasteiger partial charge in [-0.15, -0.1) is 0 Å². The molecular formula is C7H16NO5P. The van der Waals surface area contributed by atoms with Crippen LogP contribution in [0.5, 0.6) is 0 Å². The monoisotopic (exact) mass is 225 g/mol. The number of hydrogen-bond donors (Lipinski definition) is 5. The first-order chi connectivity index (χ1) is 6.31. The summed E-state index contributed by atoms with van der Waals surface area (Å²) in [4.78, 5) is 17.3. The molecule has 1 rings (SSSR count). The van der Waals surface area contributed by atoms with Gasteiger partial charge in [-0.25, -0.2) is 0 Å². The zero-order chi connectivity index (χ0) is 10.9. The lowest BCUT2D eigenvalue weighted by Crippen LogP contribution is -2.33. The second kappa shape index (κ2) is 4.26. The summed E-state index contributed by atoms with van der Waals surface area (Å²) in [6.45, 7) is 1.71. The minimum atomic E-state index is -4.02. The SMILES string of the molecule is C[C@H]1N[C@H](CCP(=O)(O)O)[C@@H](O)[C@@H]1O. The molecule has 0 aromatic rings. The summed E-state index contributed by atoms with van der Waals surface area (Å²) >= 11 is 0. The molecule has 0 bridgehead atoms. The third-order valence-electron chi connectivity index (χ3n) is 2.48. The molecule has 5 N–H and O–H groups in total. The highest BCUT2D eigenvalue weighted by Crippen LogP contribution is 2.36. The van der Waals surface area contributed by atoms with Crippen LogP contribution in [0.1, 0.15) is 13.3 Å². The summed E-state index contributed by atoms with van der Waals surface area (Å²) in [5.74, 6) is 0. The summed E-state index contributed by atoms with van der Waals surface area (Å²) in [5.41, 5.74) is 0. The highest BCUT2D eigenvalue weighted by Gasteiger charge is 2.38. The third kappa shape index (κ3) is 3.02. The van der Waals surface area contributed by atoms with Crippen molar-refractivity contribution in [1.82, 2.24) is 5.32 Å². The molecular weight excluding hydrogens is 209 g/mol. The number of rotatable bonds is 3. The smallest absolute Gasteiger partial charge is 0.325 e. The van der Waals surface area contributed by atoms with Crippen molar-refractivity contribution in [3.05, 3.63) is 0 Å². The fourth-order valence-electron chi connectivity index (χ4n) is 1.63. The minimum absolute atomic E-state index is 0.160. The van der Waals surface area contributed by atoms with Crippen molar-refractivity contribution in [3.63, 3.8) is 0 Å². The molecule has 6 nitrogen and oxygen atoms in total. The van der Waals surface area contributed by atoms with E-state index in [4.69, 9.17) is 9.79 Å². The molecule has 0 aromatic carbocycles. The topological polar surface area (TPSA) is 110 Å². The molecule has 0 aliphatic carbocycles. The highest BCUT2D eigenvalue weighted by molar-refractivity contribution is 7.51. The minimum Gasteiger partial charge on any atom is -0.389 e. The molecule has 0 radical (unpaired) electrons. The quantitative estimate of drug-likeness (QED) is 0.379. The molecule has 1 heterocycles. The molecule has 0 aromatic heterocycles. The van der Waals surface area contributed by atoms with E-state index < -0.39 is 25.8 Å². The molecule has 84 valence electrons. The maximum absolute atomic E-state index is 10.6. The molecule has 7 heteroatoms. The highest BCUT2D eigenvalue weighted by atomic mass is 31.2. The van der Waals surface area contributed by atoms with E-state index in [2.05, 4.69) is 5.32 Å². The van der Waals surface area contributed by atoms with E-state index in [1.54, 1.807) is 6.92 Å². The Kier molecular flexibility index (Phi) is 3.69. The average Bonchev–Trinajstić information content (AvgIpc) is 2.28. The van der Waals surface area contributed by atoms with Crippen molar-refractivity contribution in [2.75, 3.05) is 6.16 Å². The van der Waals surface area contributed by atoms with Crippen LogP contribution in [0.25, 0.3) is 0 Å². The largest absolute Gasteiger partial charge is 0.389 e. The van der Waals surface area contributed by atoms with E-state index in [1.807, 2.05) is 0 Å². The van der Waals surface area contributed by atoms with Crippen molar-refractivity contribution in [2.45, 2.75) is 37.6 Å². The zero-order valence-electron chi connectivity index (χ0n) is 7.87. The summed E-state index contributed by atoms with van der Waals surface area (Å²) in [6, 6.07) is -0.681. The molecule has 1 saturated heterocycles. The molecule has 0 saturated carbocycles. The second-order valence-electron chi connectivity index (χ2n) is 3.72. The average molecular weight is 225 g/mol. The van der Waals surface area contributed by atoms with E-state index in [-0.39, 0.29) is 18.6 Å². The van der Waals surface area contributed by atoms with E-state index in [1.165, 1.54) is 0 Å². The van der Waals surface area contributed by atoms with Crippen molar-refractivity contribution < 1.29 is 24.6 Å². The van der Waals surface area contributed by atoms with Crippen LogP contribution in [0.15, 0.2) is 0 Å². The first-order valence-electron chi connectivity index (χ1n) is 4.48. The van der Waals surface area contributed by atoms with Crippen molar-refractivity contribution in [2.24, 2.45) is 0 Å². The Balaban J connectivity index is 2.44. The number of hydrogen-bond acceptors (Lipinski definition) is 4. The Labute approximate surface area is 82.1 Å². The summed E-state index contributed by atoms with van der Waals surface area (Å²) in [5, 5.41) is 21.7. The summed E-state index contributed by atoms with van der Waals surface area (Å²) in [6.07, 6.45) is -1.93. The van der Waals surface area contributed by atoms with Gasteiger partial charge in [0.1, 0.15) is 0 Å².